The first-order valence-corrected chi connectivity index (χ1v) is 10.5. The molecular weight excluding hydrogens is 360 g/mol. The molecule has 0 saturated heterocycles. The predicted molar refractivity (Wildman–Crippen MR) is 116 cm³/mol. The van der Waals surface area contributed by atoms with Crippen molar-refractivity contribution in [3.63, 3.8) is 0 Å². The molecule has 3 nitrogen and oxygen atoms in total. The summed E-state index contributed by atoms with van der Waals surface area (Å²) in [6.07, 6.45) is 7.22. The average Bonchev–Trinajstić information content (AvgIpc) is 2.71. The van der Waals surface area contributed by atoms with Crippen molar-refractivity contribution in [3.8, 4) is 17.2 Å². The van der Waals surface area contributed by atoms with Crippen LogP contribution in [0.15, 0.2) is 60.7 Å². The molecular formula is C26H28O3. The zero-order valence-corrected chi connectivity index (χ0v) is 16.6. The summed E-state index contributed by atoms with van der Waals surface area (Å²) < 4.78 is 0. The summed E-state index contributed by atoms with van der Waals surface area (Å²) in [5.74, 6) is 1.31. The maximum atomic E-state index is 11.1. The number of phenolic OH excluding ortho intramolecular Hbond substituents is 3. The van der Waals surface area contributed by atoms with Crippen LogP contribution in [0.5, 0.6) is 17.2 Å². The van der Waals surface area contributed by atoms with Crippen LogP contribution in [0.25, 0.3) is 0 Å². The standard InChI is InChI=1S/C26H28O3/c27-23-10-4-6-18(15-23)12-20-14-22(13-19-7-5-11-24(28)16-19)26(29)25(17-20)21-8-2-1-3-9-21/h4-7,10-11,14-17,21,27-29H,1-3,8-9,12-13H2. The lowest BCUT2D eigenvalue weighted by Crippen LogP contribution is -2.07. The summed E-state index contributed by atoms with van der Waals surface area (Å²) in [5.41, 5.74) is 5.12. The lowest BCUT2D eigenvalue weighted by molar-refractivity contribution is 0.411. The molecule has 3 aromatic rings. The molecule has 1 aliphatic carbocycles. The van der Waals surface area contributed by atoms with E-state index in [-0.39, 0.29) is 11.5 Å². The highest BCUT2D eigenvalue weighted by atomic mass is 16.3. The molecule has 1 aliphatic rings. The number of phenols is 3. The van der Waals surface area contributed by atoms with Crippen LogP contribution in [-0.2, 0) is 12.8 Å². The van der Waals surface area contributed by atoms with E-state index in [2.05, 4.69) is 12.1 Å². The average molecular weight is 389 g/mol. The van der Waals surface area contributed by atoms with Gasteiger partial charge in [0.05, 0.1) is 0 Å². The zero-order chi connectivity index (χ0) is 20.2. The van der Waals surface area contributed by atoms with Crippen LogP contribution in [0, 0.1) is 0 Å². The van der Waals surface area contributed by atoms with Crippen molar-refractivity contribution in [2.75, 3.05) is 0 Å². The maximum absolute atomic E-state index is 11.1. The second kappa shape index (κ2) is 8.60. The van der Waals surface area contributed by atoms with E-state index in [0.29, 0.717) is 24.5 Å². The van der Waals surface area contributed by atoms with Crippen LogP contribution < -0.4 is 0 Å². The van der Waals surface area contributed by atoms with Gasteiger partial charge in [0.25, 0.3) is 0 Å². The molecule has 0 atom stereocenters. The second-order valence-corrected chi connectivity index (χ2v) is 8.22. The van der Waals surface area contributed by atoms with Crippen molar-refractivity contribution in [2.45, 2.75) is 50.9 Å². The Bertz CT molecular complexity index is 987. The topological polar surface area (TPSA) is 60.7 Å². The number of benzene rings is 3. The first-order chi connectivity index (χ1) is 14.1. The molecule has 0 amide bonds. The number of hydrogen-bond donors (Lipinski definition) is 3. The van der Waals surface area contributed by atoms with E-state index in [4.69, 9.17) is 0 Å². The second-order valence-electron chi connectivity index (χ2n) is 8.22. The van der Waals surface area contributed by atoms with Crippen molar-refractivity contribution < 1.29 is 15.3 Å². The van der Waals surface area contributed by atoms with Crippen LogP contribution in [0.3, 0.4) is 0 Å². The zero-order valence-electron chi connectivity index (χ0n) is 16.6. The Hall–Kier alpha value is -2.94. The Kier molecular flexibility index (Phi) is 5.75. The van der Waals surface area contributed by atoms with Crippen molar-refractivity contribution in [1.29, 1.82) is 0 Å². The van der Waals surface area contributed by atoms with E-state index in [1.165, 1.54) is 19.3 Å². The van der Waals surface area contributed by atoms with E-state index < -0.39 is 0 Å². The molecule has 1 fully saturated rings. The van der Waals surface area contributed by atoms with E-state index in [1.54, 1.807) is 24.3 Å². The molecule has 1 saturated carbocycles. The minimum absolute atomic E-state index is 0.241. The summed E-state index contributed by atoms with van der Waals surface area (Å²) in [7, 11) is 0. The normalized spacial score (nSPS) is 14.8. The highest BCUT2D eigenvalue weighted by molar-refractivity contribution is 5.49. The number of rotatable bonds is 5. The van der Waals surface area contributed by atoms with Gasteiger partial charge < -0.3 is 15.3 Å². The first kappa shape index (κ1) is 19.4. The van der Waals surface area contributed by atoms with Gasteiger partial charge in [-0.25, -0.2) is 0 Å². The van der Waals surface area contributed by atoms with Crippen molar-refractivity contribution in [1.82, 2.24) is 0 Å². The molecule has 0 aliphatic heterocycles. The van der Waals surface area contributed by atoms with Gasteiger partial charge in [0.1, 0.15) is 17.2 Å². The Morgan fingerprint density at radius 2 is 1.28 bits per heavy atom. The van der Waals surface area contributed by atoms with E-state index in [9.17, 15) is 15.3 Å². The lowest BCUT2D eigenvalue weighted by Gasteiger charge is -2.25. The van der Waals surface area contributed by atoms with Gasteiger partial charge >= 0.3 is 0 Å². The van der Waals surface area contributed by atoms with Crippen molar-refractivity contribution in [2.24, 2.45) is 0 Å². The SMILES string of the molecule is Oc1cccc(Cc2cc(Cc3cccc(O)c3)c(O)c(C3CCCCC3)c2)c1. The van der Waals surface area contributed by atoms with Crippen LogP contribution in [0.1, 0.15) is 65.8 Å². The van der Waals surface area contributed by atoms with Crippen molar-refractivity contribution in [3.05, 3.63) is 88.5 Å². The lowest BCUT2D eigenvalue weighted by atomic mass is 9.81. The van der Waals surface area contributed by atoms with Gasteiger partial charge in [0.15, 0.2) is 0 Å². The molecule has 4 rings (SSSR count). The number of aromatic hydroxyl groups is 3. The molecule has 0 heterocycles. The van der Waals surface area contributed by atoms with Gasteiger partial charge in [0, 0.05) is 6.42 Å². The molecule has 0 bridgehead atoms. The van der Waals surface area contributed by atoms with Crippen LogP contribution in [0.2, 0.25) is 0 Å². The summed E-state index contributed by atoms with van der Waals surface area (Å²) in [6, 6.07) is 18.8. The van der Waals surface area contributed by atoms with E-state index >= 15 is 0 Å². The van der Waals surface area contributed by atoms with Gasteiger partial charge in [-0.1, -0.05) is 55.7 Å². The Balaban J connectivity index is 1.71. The third-order valence-electron chi connectivity index (χ3n) is 5.95. The fraction of sp³-hybridized carbons (Fsp3) is 0.308. The van der Waals surface area contributed by atoms with E-state index in [1.807, 2.05) is 24.3 Å². The fourth-order valence-electron chi connectivity index (χ4n) is 4.54. The van der Waals surface area contributed by atoms with Crippen LogP contribution in [-0.4, -0.2) is 15.3 Å². The summed E-state index contributed by atoms with van der Waals surface area (Å²) in [5, 5.41) is 30.7. The van der Waals surface area contributed by atoms with E-state index in [0.717, 1.165) is 40.7 Å². The Morgan fingerprint density at radius 1 is 0.655 bits per heavy atom. The van der Waals surface area contributed by atoms with Gasteiger partial charge in [-0.15, -0.1) is 0 Å². The molecule has 3 heteroatoms. The molecule has 0 aromatic heterocycles. The fourth-order valence-corrected chi connectivity index (χ4v) is 4.54. The van der Waals surface area contributed by atoms with Gasteiger partial charge in [-0.3, -0.25) is 0 Å². The monoisotopic (exact) mass is 388 g/mol. The maximum Gasteiger partial charge on any atom is 0.122 e. The van der Waals surface area contributed by atoms with Crippen LogP contribution >= 0.6 is 0 Å². The quantitative estimate of drug-likeness (QED) is 0.500. The third-order valence-corrected chi connectivity index (χ3v) is 5.95. The predicted octanol–water partition coefficient (Wildman–Crippen LogP) is 6.03. The molecule has 29 heavy (non-hydrogen) atoms. The van der Waals surface area contributed by atoms with Crippen LogP contribution in [0.4, 0.5) is 0 Å². The van der Waals surface area contributed by atoms with Crippen molar-refractivity contribution >= 4 is 0 Å². The highest BCUT2D eigenvalue weighted by Gasteiger charge is 2.21. The molecule has 0 unspecified atom stereocenters. The smallest absolute Gasteiger partial charge is 0.122 e. The molecule has 0 radical (unpaired) electrons. The molecule has 3 N–H and O–H groups in total. The minimum atomic E-state index is 0.241. The third kappa shape index (κ3) is 4.73. The summed E-state index contributed by atoms with van der Waals surface area (Å²) in [6.45, 7) is 0. The van der Waals surface area contributed by atoms with Gasteiger partial charge in [-0.2, -0.15) is 0 Å². The summed E-state index contributed by atoms with van der Waals surface area (Å²) in [4.78, 5) is 0. The van der Waals surface area contributed by atoms with Gasteiger partial charge in [-0.05, 0) is 77.3 Å². The number of hydrogen-bond acceptors (Lipinski definition) is 3. The van der Waals surface area contributed by atoms with Gasteiger partial charge in [0.2, 0.25) is 0 Å². The first-order valence-electron chi connectivity index (χ1n) is 10.5. The Morgan fingerprint density at radius 3 is 1.90 bits per heavy atom. The molecule has 150 valence electrons. The summed E-state index contributed by atoms with van der Waals surface area (Å²) >= 11 is 0. The molecule has 0 spiro atoms. The molecule has 3 aromatic carbocycles. The Labute approximate surface area is 172 Å². The minimum Gasteiger partial charge on any atom is -0.508 e. The highest BCUT2D eigenvalue weighted by Crippen LogP contribution is 2.40. The largest absolute Gasteiger partial charge is 0.508 e.